The van der Waals surface area contributed by atoms with Crippen LogP contribution in [0.25, 0.3) is 0 Å². The third-order valence-corrected chi connectivity index (χ3v) is 4.10. The fourth-order valence-corrected chi connectivity index (χ4v) is 2.79. The Balaban J connectivity index is 1.95. The molecular formula is C18H27FN4O. The smallest absolute Gasteiger partial charge is 0.244 e. The molecule has 1 N–H and O–H groups in total. The van der Waals surface area contributed by atoms with Gasteiger partial charge in [0.2, 0.25) is 5.91 Å². The van der Waals surface area contributed by atoms with Crippen molar-refractivity contribution in [3.05, 3.63) is 35.6 Å². The molecule has 0 saturated carbocycles. The number of carbonyl (C=O) groups excluding carboxylic acids is 1. The van der Waals surface area contributed by atoms with Crippen LogP contribution < -0.4 is 5.32 Å². The Morgan fingerprint density at radius 1 is 1.25 bits per heavy atom. The zero-order chi connectivity index (χ0) is 17.4. The fourth-order valence-electron chi connectivity index (χ4n) is 2.79. The van der Waals surface area contributed by atoms with E-state index in [9.17, 15) is 9.18 Å². The number of aliphatic imine (C=N–C) groups is 1. The average Bonchev–Trinajstić information content (AvgIpc) is 2.61. The molecular weight excluding hydrogens is 307 g/mol. The summed E-state index contributed by atoms with van der Waals surface area (Å²) in [4.78, 5) is 20.6. The van der Waals surface area contributed by atoms with Crippen LogP contribution in [0.2, 0.25) is 0 Å². The first-order valence-electron chi connectivity index (χ1n) is 8.62. The fraction of sp³-hybridized carbons (Fsp3) is 0.556. The van der Waals surface area contributed by atoms with Crippen molar-refractivity contribution in [1.29, 1.82) is 0 Å². The molecule has 0 radical (unpaired) electrons. The van der Waals surface area contributed by atoms with Crippen molar-refractivity contribution >= 4 is 11.9 Å². The predicted octanol–water partition coefficient (Wildman–Crippen LogP) is 2.24. The second kappa shape index (κ2) is 9.25. The number of carbonyl (C=O) groups is 1. The maximum Gasteiger partial charge on any atom is 0.244 e. The molecule has 1 aliphatic heterocycles. The first kappa shape index (κ1) is 18.2. The van der Waals surface area contributed by atoms with Gasteiger partial charge < -0.3 is 15.1 Å². The molecule has 0 unspecified atom stereocenters. The highest BCUT2D eigenvalue weighted by atomic mass is 19.1. The Morgan fingerprint density at radius 3 is 2.54 bits per heavy atom. The average molecular weight is 334 g/mol. The van der Waals surface area contributed by atoms with Crippen molar-refractivity contribution < 1.29 is 9.18 Å². The third-order valence-electron chi connectivity index (χ3n) is 4.10. The van der Waals surface area contributed by atoms with Gasteiger partial charge in [-0.3, -0.25) is 4.79 Å². The second-order valence-electron chi connectivity index (χ2n) is 6.09. The summed E-state index contributed by atoms with van der Waals surface area (Å²) in [5.41, 5.74) is 0.992. The Bertz CT molecular complexity index is 553. The Morgan fingerprint density at radius 2 is 1.92 bits per heavy atom. The van der Waals surface area contributed by atoms with E-state index in [0.29, 0.717) is 12.5 Å². The van der Waals surface area contributed by atoms with Crippen molar-refractivity contribution in [3.8, 4) is 0 Å². The molecule has 1 heterocycles. The maximum absolute atomic E-state index is 13.0. The highest BCUT2D eigenvalue weighted by Gasteiger charge is 2.16. The summed E-state index contributed by atoms with van der Waals surface area (Å²) in [6, 6.07) is 6.42. The summed E-state index contributed by atoms with van der Waals surface area (Å²) in [5.74, 6) is 0.529. The normalized spacial score (nSPS) is 15.3. The number of nitrogens with zero attached hydrogens (tertiary/aromatic N) is 3. The van der Waals surface area contributed by atoms with Gasteiger partial charge in [0.25, 0.3) is 0 Å². The zero-order valence-corrected chi connectivity index (χ0v) is 14.6. The van der Waals surface area contributed by atoms with E-state index in [-0.39, 0.29) is 18.3 Å². The maximum atomic E-state index is 13.0. The topological polar surface area (TPSA) is 47.9 Å². The number of amides is 1. The lowest BCUT2D eigenvalue weighted by Gasteiger charge is -2.27. The highest BCUT2D eigenvalue weighted by Crippen LogP contribution is 2.09. The van der Waals surface area contributed by atoms with Crippen LogP contribution in [0.1, 0.15) is 31.7 Å². The van der Waals surface area contributed by atoms with E-state index in [4.69, 9.17) is 0 Å². The van der Waals surface area contributed by atoms with Gasteiger partial charge in [0, 0.05) is 33.2 Å². The first-order valence-corrected chi connectivity index (χ1v) is 8.62. The molecule has 1 aromatic carbocycles. The Kier molecular flexibility index (Phi) is 7.03. The van der Waals surface area contributed by atoms with Crippen LogP contribution in [0.15, 0.2) is 29.3 Å². The van der Waals surface area contributed by atoms with E-state index >= 15 is 0 Å². The molecule has 1 fully saturated rings. The number of benzene rings is 1. The lowest BCUT2D eigenvalue weighted by atomic mass is 10.1. The van der Waals surface area contributed by atoms with Gasteiger partial charge in [0.15, 0.2) is 5.96 Å². The number of nitrogens with one attached hydrogen (secondary N) is 1. The highest BCUT2D eigenvalue weighted by molar-refractivity contribution is 5.85. The number of hydrogen-bond acceptors (Lipinski definition) is 2. The van der Waals surface area contributed by atoms with E-state index < -0.39 is 0 Å². The number of piperidine rings is 1. The number of hydrogen-bond donors (Lipinski definition) is 1. The molecule has 6 heteroatoms. The molecule has 0 bridgehead atoms. The van der Waals surface area contributed by atoms with Gasteiger partial charge in [-0.2, -0.15) is 0 Å². The number of likely N-dealkylation sites (tertiary alicyclic amines) is 1. The zero-order valence-electron chi connectivity index (χ0n) is 14.6. The van der Waals surface area contributed by atoms with Crippen molar-refractivity contribution in [2.75, 3.05) is 33.2 Å². The SMILES string of the molecule is CCNC(=NCC(=O)N1CCCCC1)N(C)Cc1ccc(F)cc1. The minimum Gasteiger partial charge on any atom is -0.357 e. The molecule has 1 saturated heterocycles. The molecule has 1 aliphatic rings. The Hall–Kier alpha value is -2.11. The van der Waals surface area contributed by atoms with Gasteiger partial charge in [-0.1, -0.05) is 12.1 Å². The second-order valence-corrected chi connectivity index (χ2v) is 6.09. The van der Waals surface area contributed by atoms with Gasteiger partial charge in [0.05, 0.1) is 0 Å². The van der Waals surface area contributed by atoms with Crippen molar-refractivity contribution in [2.45, 2.75) is 32.7 Å². The largest absolute Gasteiger partial charge is 0.357 e. The van der Waals surface area contributed by atoms with Crippen LogP contribution in [0, 0.1) is 5.82 Å². The van der Waals surface area contributed by atoms with Gasteiger partial charge >= 0.3 is 0 Å². The van der Waals surface area contributed by atoms with Crippen LogP contribution in [-0.2, 0) is 11.3 Å². The molecule has 0 aromatic heterocycles. The predicted molar refractivity (Wildman–Crippen MR) is 94.3 cm³/mol. The summed E-state index contributed by atoms with van der Waals surface area (Å²) in [7, 11) is 1.91. The minimum absolute atomic E-state index is 0.0836. The number of rotatable bonds is 5. The molecule has 0 aliphatic carbocycles. The van der Waals surface area contributed by atoms with E-state index in [1.165, 1.54) is 18.6 Å². The minimum atomic E-state index is -0.242. The summed E-state index contributed by atoms with van der Waals surface area (Å²) >= 11 is 0. The van der Waals surface area contributed by atoms with Crippen molar-refractivity contribution in [3.63, 3.8) is 0 Å². The van der Waals surface area contributed by atoms with Crippen LogP contribution in [0.5, 0.6) is 0 Å². The lowest BCUT2D eigenvalue weighted by molar-refractivity contribution is -0.130. The van der Waals surface area contributed by atoms with E-state index in [1.54, 1.807) is 12.1 Å². The quantitative estimate of drug-likeness (QED) is 0.664. The molecule has 1 amide bonds. The van der Waals surface area contributed by atoms with Crippen LogP contribution in [-0.4, -0.2) is 54.9 Å². The monoisotopic (exact) mass is 334 g/mol. The lowest BCUT2D eigenvalue weighted by Crippen LogP contribution is -2.41. The van der Waals surface area contributed by atoms with E-state index in [1.807, 2.05) is 23.8 Å². The van der Waals surface area contributed by atoms with Gasteiger partial charge in [-0.05, 0) is 43.9 Å². The van der Waals surface area contributed by atoms with Crippen LogP contribution >= 0.6 is 0 Å². The van der Waals surface area contributed by atoms with Crippen molar-refractivity contribution in [1.82, 2.24) is 15.1 Å². The van der Waals surface area contributed by atoms with Gasteiger partial charge in [-0.25, -0.2) is 9.38 Å². The molecule has 1 aromatic rings. The summed E-state index contributed by atoms with van der Waals surface area (Å²) < 4.78 is 13.0. The molecule has 5 nitrogen and oxygen atoms in total. The molecule has 24 heavy (non-hydrogen) atoms. The van der Waals surface area contributed by atoms with E-state index in [2.05, 4.69) is 10.3 Å². The third kappa shape index (κ3) is 5.51. The summed E-state index contributed by atoms with van der Waals surface area (Å²) in [6.45, 7) is 5.17. The van der Waals surface area contributed by atoms with Crippen LogP contribution in [0.3, 0.4) is 0 Å². The first-order chi connectivity index (χ1) is 11.6. The van der Waals surface area contributed by atoms with Crippen molar-refractivity contribution in [2.24, 2.45) is 4.99 Å². The van der Waals surface area contributed by atoms with Gasteiger partial charge in [-0.15, -0.1) is 0 Å². The standard InChI is InChI=1S/C18H27FN4O/c1-3-20-18(21-13-17(24)23-11-5-4-6-12-23)22(2)14-15-7-9-16(19)10-8-15/h7-10H,3-6,11-14H2,1-2H3,(H,20,21). The summed E-state index contributed by atoms with van der Waals surface area (Å²) in [5, 5.41) is 3.20. The molecule has 0 spiro atoms. The number of guanidine groups is 1. The molecule has 0 atom stereocenters. The van der Waals surface area contributed by atoms with E-state index in [0.717, 1.165) is 38.0 Å². The van der Waals surface area contributed by atoms with Gasteiger partial charge in [0.1, 0.15) is 12.4 Å². The molecule has 2 rings (SSSR count). The Labute approximate surface area is 143 Å². The van der Waals surface area contributed by atoms with Crippen LogP contribution in [0.4, 0.5) is 4.39 Å². The number of halogens is 1. The molecule has 132 valence electrons. The summed E-state index contributed by atoms with van der Waals surface area (Å²) in [6.07, 6.45) is 3.37.